The van der Waals surface area contributed by atoms with Crippen LogP contribution in [-0.2, 0) is 12.8 Å². The molecule has 3 heterocycles. The molecule has 0 spiro atoms. The molecule has 27 heavy (non-hydrogen) atoms. The number of aromatic nitrogens is 4. The van der Waals surface area contributed by atoms with E-state index in [4.69, 9.17) is 9.97 Å². The Morgan fingerprint density at radius 1 is 1.30 bits per heavy atom. The number of nitrogens with zero attached hydrogens (tertiary/aromatic N) is 4. The van der Waals surface area contributed by atoms with Crippen LogP contribution in [0.15, 0.2) is 24.3 Å². The van der Waals surface area contributed by atoms with E-state index in [0.717, 1.165) is 41.0 Å². The van der Waals surface area contributed by atoms with Crippen molar-refractivity contribution in [1.29, 1.82) is 0 Å². The Morgan fingerprint density at radius 3 is 2.93 bits per heavy atom. The minimum Gasteiger partial charge on any atom is -0.545 e. The molecule has 1 aliphatic carbocycles. The molecule has 5 rings (SSSR count). The zero-order chi connectivity index (χ0) is 18.7. The lowest BCUT2D eigenvalue weighted by Gasteiger charge is -2.17. The first-order valence-electron chi connectivity index (χ1n) is 9.01. The van der Waals surface area contributed by atoms with Gasteiger partial charge in [0, 0.05) is 16.0 Å². The van der Waals surface area contributed by atoms with Gasteiger partial charge in [-0.1, -0.05) is 31.2 Å². The summed E-state index contributed by atoms with van der Waals surface area (Å²) in [6.07, 6.45) is 3.26. The Balaban J connectivity index is 1.80. The van der Waals surface area contributed by atoms with Gasteiger partial charge in [0.1, 0.15) is 10.7 Å². The first-order chi connectivity index (χ1) is 13.0. The van der Waals surface area contributed by atoms with Crippen LogP contribution in [0.3, 0.4) is 0 Å². The van der Waals surface area contributed by atoms with E-state index in [1.54, 1.807) is 34.1 Å². The number of aromatic carboxylic acids is 1. The molecule has 0 saturated heterocycles. The molecule has 0 amide bonds. The van der Waals surface area contributed by atoms with E-state index in [2.05, 4.69) is 12.0 Å². The first kappa shape index (κ1) is 16.4. The van der Waals surface area contributed by atoms with Crippen molar-refractivity contribution in [2.75, 3.05) is 0 Å². The van der Waals surface area contributed by atoms with Crippen molar-refractivity contribution in [2.24, 2.45) is 5.92 Å². The number of aryl methyl sites for hydroxylation is 2. The van der Waals surface area contributed by atoms with Crippen LogP contribution in [0, 0.1) is 12.8 Å². The Labute approximate surface area is 159 Å². The Morgan fingerprint density at radius 2 is 2.11 bits per heavy atom. The smallest absolute Gasteiger partial charge is 0.182 e. The van der Waals surface area contributed by atoms with Crippen LogP contribution in [-0.4, -0.2) is 25.6 Å². The number of carbonyl (C=O) groups excluding carboxylic acids is 1. The van der Waals surface area contributed by atoms with Gasteiger partial charge in [-0.25, -0.2) is 9.97 Å². The molecule has 3 aromatic heterocycles. The average molecular weight is 377 g/mol. The summed E-state index contributed by atoms with van der Waals surface area (Å²) in [7, 11) is 0. The highest BCUT2D eigenvalue weighted by Crippen LogP contribution is 2.39. The quantitative estimate of drug-likeness (QED) is 0.536. The third-order valence-electron chi connectivity index (χ3n) is 5.28. The highest BCUT2D eigenvalue weighted by atomic mass is 32.1. The van der Waals surface area contributed by atoms with Gasteiger partial charge in [0.25, 0.3) is 0 Å². The van der Waals surface area contributed by atoms with Crippen LogP contribution in [0.25, 0.3) is 27.3 Å². The summed E-state index contributed by atoms with van der Waals surface area (Å²) in [6.45, 7) is 4.19. The topological polar surface area (TPSA) is 83.2 Å². The fourth-order valence-electron chi connectivity index (χ4n) is 3.91. The van der Waals surface area contributed by atoms with E-state index in [1.807, 2.05) is 6.92 Å². The second-order valence-corrected chi connectivity index (χ2v) is 8.28. The van der Waals surface area contributed by atoms with E-state index in [-0.39, 0.29) is 5.56 Å². The summed E-state index contributed by atoms with van der Waals surface area (Å²) in [6, 6.07) is 6.68. The van der Waals surface area contributed by atoms with E-state index in [0.29, 0.717) is 17.3 Å². The van der Waals surface area contributed by atoms with Gasteiger partial charge in [0.15, 0.2) is 11.5 Å². The number of hydrogen-bond acceptors (Lipinski definition) is 6. The number of benzene rings is 1. The molecule has 0 bridgehead atoms. The molecule has 1 aliphatic rings. The molecule has 6 nitrogen and oxygen atoms in total. The zero-order valence-electron chi connectivity index (χ0n) is 15.0. The standard InChI is InChI=1S/C20H18N4O2S/c1-10-7-8-14-15(9-10)27-19-16(14)18-22-17(23-24(18)11(2)21-19)12-5-3-4-6-13(12)20(25)26/h3-6,10H,7-9H2,1-2H3,(H,25,26)/p-1/t10-/m0/s1. The van der Waals surface area contributed by atoms with Gasteiger partial charge in [0.2, 0.25) is 0 Å². The number of fused-ring (bicyclic) bond motifs is 5. The Hall–Kier alpha value is -2.80. The summed E-state index contributed by atoms with van der Waals surface area (Å²) in [5, 5.41) is 17.1. The van der Waals surface area contributed by atoms with Crippen molar-refractivity contribution in [3.63, 3.8) is 0 Å². The van der Waals surface area contributed by atoms with Gasteiger partial charge in [0.05, 0.1) is 11.4 Å². The molecule has 1 aromatic carbocycles. The summed E-state index contributed by atoms with van der Waals surface area (Å²) in [4.78, 5) is 23.4. The van der Waals surface area contributed by atoms with Crippen LogP contribution < -0.4 is 5.11 Å². The molecule has 0 fully saturated rings. The number of hydrogen-bond donors (Lipinski definition) is 0. The third kappa shape index (κ3) is 2.45. The predicted molar refractivity (Wildman–Crippen MR) is 102 cm³/mol. The summed E-state index contributed by atoms with van der Waals surface area (Å²) in [5.41, 5.74) is 2.65. The molecular weight excluding hydrogens is 360 g/mol. The maximum atomic E-state index is 11.5. The van der Waals surface area contributed by atoms with E-state index in [9.17, 15) is 9.90 Å². The van der Waals surface area contributed by atoms with Crippen molar-refractivity contribution in [3.8, 4) is 11.4 Å². The number of carboxylic acids is 1. The Kier molecular flexibility index (Phi) is 3.55. The van der Waals surface area contributed by atoms with Crippen molar-refractivity contribution in [2.45, 2.75) is 33.1 Å². The number of thiophene rings is 1. The number of rotatable bonds is 2. The fourth-order valence-corrected chi connectivity index (χ4v) is 5.33. The second kappa shape index (κ2) is 5.85. The molecule has 0 aliphatic heterocycles. The fraction of sp³-hybridized carbons (Fsp3) is 0.300. The van der Waals surface area contributed by atoms with Crippen molar-refractivity contribution >= 4 is 33.2 Å². The van der Waals surface area contributed by atoms with Gasteiger partial charge in [-0.05, 0) is 37.7 Å². The van der Waals surface area contributed by atoms with Crippen LogP contribution in [0.2, 0.25) is 0 Å². The monoisotopic (exact) mass is 377 g/mol. The maximum absolute atomic E-state index is 11.5. The van der Waals surface area contributed by atoms with E-state index < -0.39 is 5.97 Å². The summed E-state index contributed by atoms with van der Waals surface area (Å²) in [5.74, 6) is 0.586. The molecule has 7 heteroatoms. The molecule has 136 valence electrons. The molecule has 0 radical (unpaired) electrons. The van der Waals surface area contributed by atoms with Crippen LogP contribution in [0.5, 0.6) is 0 Å². The number of carbonyl (C=O) groups is 1. The highest BCUT2D eigenvalue weighted by Gasteiger charge is 2.25. The summed E-state index contributed by atoms with van der Waals surface area (Å²) >= 11 is 1.75. The maximum Gasteiger partial charge on any atom is 0.182 e. The van der Waals surface area contributed by atoms with Crippen molar-refractivity contribution in [3.05, 3.63) is 46.1 Å². The van der Waals surface area contributed by atoms with Gasteiger partial charge in [-0.3, -0.25) is 0 Å². The van der Waals surface area contributed by atoms with Crippen molar-refractivity contribution in [1.82, 2.24) is 19.6 Å². The van der Waals surface area contributed by atoms with Gasteiger partial charge in [-0.15, -0.1) is 16.4 Å². The molecule has 0 unspecified atom stereocenters. The van der Waals surface area contributed by atoms with Crippen molar-refractivity contribution < 1.29 is 9.90 Å². The predicted octanol–water partition coefficient (Wildman–Crippen LogP) is 2.80. The minimum atomic E-state index is -1.23. The van der Waals surface area contributed by atoms with Gasteiger partial charge in [-0.2, -0.15) is 4.52 Å². The Bertz CT molecular complexity index is 1220. The first-order valence-corrected chi connectivity index (χ1v) is 9.83. The lowest BCUT2D eigenvalue weighted by molar-refractivity contribution is -0.254. The second-order valence-electron chi connectivity index (χ2n) is 7.19. The lowest BCUT2D eigenvalue weighted by Crippen LogP contribution is -2.23. The summed E-state index contributed by atoms with van der Waals surface area (Å²) < 4.78 is 1.73. The number of carboxylic acid groups (broad SMARTS) is 1. The SMILES string of the molecule is Cc1nc2sc3c(c2c2nc(-c4ccccc4C(=O)[O-])nn12)CC[C@H](C)C3. The van der Waals surface area contributed by atoms with Crippen LogP contribution >= 0.6 is 11.3 Å². The average Bonchev–Trinajstić information content (AvgIpc) is 3.22. The molecule has 0 N–H and O–H groups in total. The third-order valence-corrected chi connectivity index (χ3v) is 6.43. The van der Waals surface area contributed by atoms with Gasteiger partial charge < -0.3 is 9.90 Å². The molecule has 4 aromatic rings. The normalized spacial score (nSPS) is 16.7. The minimum absolute atomic E-state index is 0.0939. The van der Waals surface area contributed by atoms with Crippen LogP contribution in [0.4, 0.5) is 0 Å². The van der Waals surface area contributed by atoms with Crippen LogP contribution in [0.1, 0.15) is 40.0 Å². The molecule has 1 atom stereocenters. The zero-order valence-corrected chi connectivity index (χ0v) is 15.8. The highest BCUT2D eigenvalue weighted by molar-refractivity contribution is 7.19. The molecule has 0 saturated carbocycles. The van der Waals surface area contributed by atoms with E-state index >= 15 is 0 Å². The largest absolute Gasteiger partial charge is 0.545 e. The van der Waals surface area contributed by atoms with E-state index in [1.165, 1.54) is 16.5 Å². The molecular formula is C20H17N4O2S-. The lowest BCUT2D eigenvalue weighted by atomic mass is 9.89. The van der Waals surface area contributed by atoms with Gasteiger partial charge >= 0.3 is 0 Å².